The van der Waals surface area contributed by atoms with Crippen molar-refractivity contribution < 1.29 is 35.5 Å². The van der Waals surface area contributed by atoms with Crippen LogP contribution in [0.5, 0.6) is 5.88 Å². The van der Waals surface area contributed by atoms with Crippen LogP contribution in [0.3, 0.4) is 0 Å². The molecule has 0 saturated carbocycles. The van der Waals surface area contributed by atoms with E-state index in [1.807, 2.05) is 5.32 Å². The molecule has 0 aliphatic carbocycles. The molecule has 1 aromatic carbocycles. The van der Waals surface area contributed by atoms with Crippen LogP contribution in [0.25, 0.3) is 16.5 Å². The smallest absolute Gasteiger partial charge is 0.433 e. The Bertz CT molecular complexity index is 1330. The maximum atomic E-state index is 15.3. The van der Waals surface area contributed by atoms with E-state index in [2.05, 4.69) is 15.1 Å². The van der Waals surface area contributed by atoms with Crippen LogP contribution in [-0.2, 0) is 6.18 Å². The number of hydrogen-bond donors (Lipinski definition) is 1. The molecule has 0 saturated heterocycles. The Morgan fingerprint density at radius 2 is 1.71 bits per heavy atom. The molecule has 0 amide bonds. The molecule has 1 unspecified atom stereocenters. The molecule has 4 rings (SSSR count). The number of halogens is 7. The highest BCUT2D eigenvalue weighted by molar-refractivity contribution is 5.93. The summed E-state index contributed by atoms with van der Waals surface area (Å²) >= 11 is 0. The van der Waals surface area contributed by atoms with Crippen LogP contribution in [0, 0.1) is 5.95 Å². The van der Waals surface area contributed by atoms with Crippen LogP contribution < -0.4 is 10.1 Å². The van der Waals surface area contributed by atoms with Crippen molar-refractivity contribution in [3.63, 3.8) is 0 Å². The molecule has 178 valence electrons. The minimum atomic E-state index is -5.07. The first-order valence-electron chi connectivity index (χ1n) is 9.52. The molecule has 0 fully saturated rings. The van der Waals surface area contributed by atoms with Gasteiger partial charge in [0.15, 0.2) is 6.04 Å². The molecule has 1 N–H and O–H groups in total. The number of rotatable bonds is 5. The van der Waals surface area contributed by atoms with Gasteiger partial charge in [0.25, 0.3) is 0 Å². The van der Waals surface area contributed by atoms with E-state index in [4.69, 9.17) is 4.74 Å². The summed E-state index contributed by atoms with van der Waals surface area (Å²) in [5, 5.41) is 6.57. The number of hydrogen-bond acceptors (Lipinski definition) is 5. The number of alkyl halides is 6. The van der Waals surface area contributed by atoms with Crippen LogP contribution in [0.15, 0.2) is 55.0 Å². The van der Waals surface area contributed by atoms with Crippen molar-refractivity contribution in [1.29, 1.82) is 0 Å². The third-order valence-electron chi connectivity index (χ3n) is 4.90. The molecule has 0 aliphatic heterocycles. The summed E-state index contributed by atoms with van der Waals surface area (Å²) in [7, 11) is 1.38. The number of ether oxygens (including phenoxy) is 1. The minimum Gasteiger partial charge on any atom is -0.481 e. The van der Waals surface area contributed by atoms with Gasteiger partial charge in [0.2, 0.25) is 11.8 Å². The summed E-state index contributed by atoms with van der Waals surface area (Å²) in [6.45, 7) is 0. The second-order valence-corrected chi connectivity index (χ2v) is 7.04. The molecule has 4 aromatic rings. The zero-order valence-corrected chi connectivity index (χ0v) is 17.1. The number of nitrogens with zero attached hydrogens (tertiary/aromatic N) is 4. The van der Waals surface area contributed by atoms with E-state index in [1.165, 1.54) is 31.5 Å². The van der Waals surface area contributed by atoms with E-state index in [-0.39, 0.29) is 11.6 Å². The van der Waals surface area contributed by atoms with E-state index >= 15 is 4.39 Å². The van der Waals surface area contributed by atoms with Gasteiger partial charge in [0.1, 0.15) is 5.69 Å². The summed E-state index contributed by atoms with van der Waals surface area (Å²) in [5.41, 5.74) is -2.73. The SMILES string of the molecule is COc1nccc2c(-n3ncc(C(Nc4ccnc(C(F)(F)F)c4)C(F)(F)F)c3F)cccc12. The van der Waals surface area contributed by atoms with E-state index in [9.17, 15) is 26.3 Å². The van der Waals surface area contributed by atoms with Crippen molar-refractivity contribution in [3.8, 4) is 11.6 Å². The minimum absolute atomic E-state index is 0.117. The Hall–Kier alpha value is -3.90. The lowest BCUT2D eigenvalue weighted by atomic mass is 10.1. The van der Waals surface area contributed by atoms with E-state index < -0.39 is 41.3 Å². The van der Waals surface area contributed by atoms with Crippen LogP contribution >= 0.6 is 0 Å². The number of benzene rings is 1. The maximum absolute atomic E-state index is 15.3. The van der Waals surface area contributed by atoms with Gasteiger partial charge in [0.05, 0.1) is 24.6 Å². The lowest BCUT2D eigenvalue weighted by Crippen LogP contribution is -2.28. The highest BCUT2D eigenvalue weighted by Gasteiger charge is 2.44. The molecule has 34 heavy (non-hydrogen) atoms. The largest absolute Gasteiger partial charge is 0.481 e. The monoisotopic (exact) mass is 485 g/mol. The lowest BCUT2D eigenvalue weighted by molar-refractivity contribution is -0.144. The topological polar surface area (TPSA) is 64.9 Å². The molecular formula is C21H14F7N5O. The van der Waals surface area contributed by atoms with Crippen molar-refractivity contribution in [3.05, 3.63) is 72.2 Å². The highest BCUT2D eigenvalue weighted by Crippen LogP contribution is 2.38. The molecule has 0 bridgehead atoms. The number of aromatic nitrogens is 4. The number of anilines is 1. The van der Waals surface area contributed by atoms with Crippen molar-refractivity contribution in [2.45, 2.75) is 18.4 Å². The van der Waals surface area contributed by atoms with Crippen LogP contribution in [0.4, 0.5) is 36.4 Å². The first-order chi connectivity index (χ1) is 16.0. The Morgan fingerprint density at radius 3 is 2.38 bits per heavy atom. The van der Waals surface area contributed by atoms with Crippen molar-refractivity contribution in [1.82, 2.24) is 19.7 Å². The zero-order valence-electron chi connectivity index (χ0n) is 17.1. The van der Waals surface area contributed by atoms with Gasteiger partial charge in [-0.2, -0.15) is 35.8 Å². The van der Waals surface area contributed by atoms with Gasteiger partial charge in [-0.3, -0.25) is 4.98 Å². The van der Waals surface area contributed by atoms with E-state index in [0.717, 1.165) is 6.07 Å². The van der Waals surface area contributed by atoms with Gasteiger partial charge < -0.3 is 10.1 Å². The zero-order chi connectivity index (χ0) is 24.7. The quantitative estimate of drug-likeness (QED) is 0.368. The second kappa shape index (κ2) is 8.47. The predicted molar refractivity (Wildman–Crippen MR) is 107 cm³/mol. The number of methoxy groups -OCH3 is 1. The molecule has 3 heterocycles. The average Bonchev–Trinajstić information content (AvgIpc) is 3.16. The van der Waals surface area contributed by atoms with E-state index in [1.54, 1.807) is 6.07 Å². The van der Waals surface area contributed by atoms with Gasteiger partial charge in [-0.15, -0.1) is 0 Å². The van der Waals surface area contributed by atoms with Gasteiger partial charge in [-0.25, -0.2) is 9.67 Å². The summed E-state index contributed by atoms with van der Waals surface area (Å²) in [5.74, 6) is -1.12. The third-order valence-corrected chi connectivity index (χ3v) is 4.90. The van der Waals surface area contributed by atoms with Gasteiger partial charge in [0, 0.05) is 28.9 Å². The number of nitrogens with one attached hydrogen (secondary N) is 1. The number of fused-ring (bicyclic) bond motifs is 1. The van der Waals surface area contributed by atoms with Gasteiger partial charge >= 0.3 is 12.4 Å². The van der Waals surface area contributed by atoms with Crippen LogP contribution in [0.2, 0.25) is 0 Å². The van der Waals surface area contributed by atoms with Crippen molar-refractivity contribution in [2.75, 3.05) is 12.4 Å². The summed E-state index contributed by atoms with van der Waals surface area (Å²) in [6.07, 6.45) is -7.18. The lowest BCUT2D eigenvalue weighted by Gasteiger charge is -2.22. The molecule has 3 aromatic heterocycles. The summed E-state index contributed by atoms with van der Waals surface area (Å²) in [6, 6.07) is 4.76. The Balaban J connectivity index is 1.78. The average molecular weight is 485 g/mol. The third kappa shape index (κ3) is 4.32. The van der Waals surface area contributed by atoms with Crippen LogP contribution in [0.1, 0.15) is 17.3 Å². The Kier molecular flexibility index (Phi) is 5.79. The fourth-order valence-electron chi connectivity index (χ4n) is 3.40. The molecule has 6 nitrogen and oxygen atoms in total. The Labute approximate surface area is 187 Å². The standard InChI is InChI=1S/C21H14F7N5O/c1-34-19-13-3-2-4-15(12(13)6-8-30-19)33-18(22)14(10-31-33)17(21(26,27)28)32-11-5-7-29-16(9-11)20(23,24)25/h2-10,17H,1H3,(H,29,32). The molecule has 13 heteroatoms. The van der Waals surface area contributed by atoms with Crippen molar-refractivity contribution >= 4 is 16.5 Å². The molecular weight excluding hydrogens is 471 g/mol. The molecule has 0 aliphatic rings. The first kappa shape index (κ1) is 23.3. The molecule has 0 spiro atoms. The number of pyridine rings is 2. The summed E-state index contributed by atoms with van der Waals surface area (Å²) < 4.78 is 101. The van der Waals surface area contributed by atoms with Crippen molar-refractivity contribution in [2.24, 2.45) is 0 Å². The normalized spacial score (nSPS) is 13.2. The highest BCUT2D eigenvalue weighted by atomic mass is 19.4. The fourth-order valence-corrected chi connectivity index (χ4v) is 3.40. The maximum Gasteiger partial charge on any atom is 0.433 e. The van der Waals surface area contributed by atoms with Gasteiger partial charge in [-0.1, -0.05) is 6.07 Å². The van der Waals surface area contributed by atoms with Gasteiger partial charge in [-0.05, 0) is 30.3 Å². The fraction of sp³-hybridized carbons (Fsp3) is 0.190. The van der Waals surface area contributed by atoms with E-state index in [0.29, 0.717) is 33.9 Å². The molecule has 0 radical (unpaired) electrons. The van der Waals surface area contributed by atoms with Crippen LogP contribution in [-0.4, -0.2) is 33.0 Å². The first-order valence-corrected chi connectivity index (χ1v) is 9.52. The molecule has 1 atom stereocenters. The second-order valence-electron chi connectivity index (χ2n) is 7.04. The Morgan fingerprint density at radius 1 is 0.971 bits per heavy atom. The predicted octanol–water partition coefficient (Wildman–Crippen LogP) is 5.70. The summed E-state index contributed by atoms with van der Waals surface area (Å²) in [4.78, 5) is 7.14.